The lowest BCUT2D eigenvalue weighted by Crippen LogP contribution is -1.93. The van der Waals surface area contributed by atoms with Crippen molar-refractivity contribution in [2.45, 2.75) is 23.6 Å². The molecule has 0 amide bonds. The largest absolute Gasteiger partial charge is 0.399 e. The molecule has 4 N–H and O–H groups in total. The van der Waals surface area contributed by atoms with E-state index >= 15 is 0 Å². The van der Waals surface area contributed by atoms with Crippen molar-refractivity contribution in [3.63, 3.8) is 0 Å². The van der Waals surface area contributed by atoms with Crippen molar-refractivity contribution in [3.8, 4) is 22.3 Å². The summed E-state index contributed by atoms with van der Waals surface area (Å²) in [6.07, 6.45) is 0. The average Bonchev–Trinajstić information content (AvgIpc) is 2.75. The highest BCUT2D eigenvalue weighted by Gasteiger charge is 2.18. The number of anilines is 2. The number of rotatable bonds is 4. The predicted molar refractivity (Wildman–Crippen MR) is 146 cm³/mol. The van der Waals surface area contributed by atoms with Gasteiger partial charge in [-0.15, -0.1) is 0 Å². The van der Waals surface area contributed by atoms with Gasteiger partial charge in [0.1, 0.15) is 0 Å². The Hall–Kier alpha value is -2.01. The fourth-order valence-corrected chi connectivity index (χ4v) is 5.99. The Morgan fingerprint density at radius 1 is 0.545 bits per heavy atom. The molecule has 0 aromatic heterocycles. The zero-order valence-electron chi connectivity index (χ0n) is 17.8. The molecule has 4 rings (SSSR count). The van der Waals surface area contributed by atoms with Gasteiger partial charge in [0.2, 0.25) is 0 Å². The van der Waals surface area contributed by atoms with E-state index in [1.165, 1.54) is 0 Å². The van der Waals surface area contributed by atoms with Gasteiger partial charge in [-0.2, -0.15) is 0 Å². The molecule has 168 valence electrons. The van der Waals surface area contributed by atoms with Gasteiger partial charge in [-0.3, -0.25) is 0 Å². The Morgan fingerprint density at radius 3 is 1.30 bits per heavy atom. The molecule has 2 nitrogen and oxygen atoms in total. The molecule has 0 atom stereocenters. The molecule has 7 heteroatoms. The van der Waals surface area contributed by atoms with Crippen molar-refractivity contribution in [3.05, 3.63) is 91.9 Å². The van der Waals surface area contributed by atoms with E-state index in [1.807, 2.05) is 62.4 Å². The van der Waals surface area contributed by atoms with Crippen LogP contribution in [0.5, 0.6) is 0 Å². The highest BCUT2D eigenvalue weighted by atomic mass is 35.5. The minimum Gasteiger partial charge on any atom is -0.399 e. The van der Waals surface area contributed by atoms with Crippen molar-refractivity contribution in [2.24, 2.45) is 0 Å². The number of hydrogen-bond acceptors (Lipinski definition) is 3. The summed E-state index contributed by atoms with van der Waals surface area (Å²) in [4.78, 5) is 2.11. The summed E-state index contributed by atoms with van der Waals surface area (Å²) in [6.45, 7) is 4.08. The molecular weight excluding hydrogens is 514 g/mol. The highest BCUT2D eigenvalue weighted by molar-refractivity contribution is 7.99. The quantitative estimate of drug-likeness (QED) is 0.257. The molecule has 0 bridgehead atoms. The topological polar surface area (TPSA) is 52.0 Å². The highest BCUT2D eigenvalue weighted by Crippen LogP contribution is 2.45. The molecule has 0 fully saturated rings. The second-order valence-electron chi connectivity index (χ2n) is 7.67. The van der Waals surface area contributed by atoms with Gasteiger partial charge >= 0.3 is 0 Å². The predicted octanol–water partition coefficient (Wildman–Crippen LogP) is 9.57. The molecular formula is C26H20Cl4N2S. The number of nitrogen functional groups attached to an aromatic ring is 2. The first kappa shape index (κ1) is 24.1. The normalized spacial score (nSPS) is 11.1. The van der Waals surface area contributed by atoms with E-state index in [-0.39, 0.29) is 0 Å². The van der Waals surface area contributed by atoms with Crippen LogP contribution in [0.2, 0.25) is 20.1 Å². The van der Waals surface area contributed by atoms with Crippen LogP contribution in [0.15, 0.2) is 70.5 Å². The fraction of sp³-hybridized carbons (Fsp3) is 0.0769. The van der Waals surface area contributed by atoms with Crippen molar-refractivity contribution < 1.29 is 0 Å². The Kier molecular flexibility index (Phi) is 7.09. The minimum absolute atomic E-state index is 0.560. The standard InChI is InChI=1S/C26H20Cl4N2S/c1-13-23(9-7-19(27)25(13)17-5-3-15(31)11-21(17)29)33-24-10-8-20(28)26(14(24)2)18-6-4-16(32)12-22(18)30/h3-12H,31-32H2,1-2H3. The molecule has 33 heavy (non-hydrogen) atoms. The number of nitrogens with two attached hydrogens (primary N) is 2. The zero-order chi connectivity index (χ0) is 23.9. The van der Waals surface area contributed by atoms with Crippen LogP contribution < -0.4 is 11.5 Å². The van der Waals surface area contributed by atoms with E-state index in [2.05, 4.69) is 0 Å². The maximum absolute atomic E-state index is 6.60. The van der Waals surface area contributed by atoms with Gasteiger partial charge in [0.05, 0.1) is 10.0 Å². The lowest BCUT2D eigenvalue weighted by Gasteiger charge is -2.18. The maximum Gasteiger partial charge on any atom is 0.0505 e. The minimum atomic E-state index is 0.560. The molecule has 0 saturated heterocycles. The van der Waals surface area contributed by atoms with E-state index in [0.29, 0.717) is 31.5 Å². The smallest absolute Gasteiger partial charge is 0.0505 e. The Bertz CT molecular complexity index is 1280. The van der Waals surface area contributed by atoms with E-state index < -0.39 is 0 Å². The Morgan fingerprint density at radius 2 is 0.939 bits per heavy atom. The third kappa shape index (κ3) is 4.80. The molecule has 0 radical (unpaired) electrons. The van der Waals surface area contributed by atoms with Gasteiger partial charge in [-0.25, -0.2) is 0 Å². The lowest BCUT2D eigenvalue weighted by atomic mass is 10.00. The van der Waals surface area contributed by atoms with Gasteiger partial charge < -0.3 is 11.5 Å². The molecule has 4 aromatic rings. The van der Waals surface area contributed by atoms with Gasteiger partial charge in [-0.1, -0.05) is 70.3 Å². The first-order valence-electron chi connectivity index (χ1n) is 10.0. The van der Waals surface area contributed by atoms with Gasteiger partial charge in [0.15, 0.2) is 0 Å². The maximum atomic E-state index is 6.60. The van der Waals surface area contributed by atoms with Crippen LogP contribution in [-0.2, 0) is 0 Å². The van der Waals surface area contributed by atoms with Crippen LogP contribution in [0.3, 0.4) is 0 Å². The van der Waals surface area contributed by atoms with E-state index in [9.17, 15) is 0 Å². The van der Waals surface area contributed by atoms with Crippen LogP contribution in [0.4, 0.5) is 11.4 Å². The van der Waals surface area contributed by atoms with Crippen molar-refractivity contribution >= 4 is 69.5 Å². The molecule has 0 aliphatic heterocycles. The summed E-state index contributed by atoms with van der Waals surface area (Å²) in [5.74, 6) is 0. The monoisotopic (exact) mass is 532 g/mol. The van der Waals surface area contributed by atoms with Crippen LogP contribution in [0, 0.1) is 13.8 Å². The summed E-state index contributed by atoms with van der Waals surface area (Å²) in [5, 5.41) is 2.38. The first-order valence-corrected chi connectivity index (χ1v) is 12.4. The summed E-state index contributed by atoms with van der Waals surface area (Å²) in [5.41, 5.74) is 18.5. The van der Waals surface area contributed by atoms with Crippen LogP contribution in [0.25, 0.3) is 22.3 Å². The van der Waals surface area contributed by atoms with Gasteiger partial charge in [-0.05, 0) is 73.5 Å². The number of benzene rings is 4. The van der Waals surface area contributed by atoms with E-state index in [1.54, 1.807) is 23.9 Å². The Labute approximate surface area is 217 Å². The summed E-state index contributed by atoms with van der Waals surface area (Å²) < 4.78 is 0. The second-order valence-corrected chi connectivity index (χ2v) is 10.4. The zero-order valence-corrected chi connectivity index (χ0v) is 21.7. The SMILES string of the molecule is Cc1c(Sc2ccc(Cl)c(-c3ccc(N)cc3Cl)c2C)ccc(Cl)c1-c1ccc(N)cc1Cl. The second kappa shape index (κ2) is 9.69. The summed E-state index contributed by atoms with van der Waals surface area (Å²) in [7, 11) is 0. The molecule has 0 aliphatic rings. The van der Waals surface area contributed by atoms with E-state index in [0.717, 1.165) is 43.2 Å². The summed E-state index contributed by atoms with van der Waals surface area (Å²) >= 11 is 27.8. The summed E-state index contributed by atoms with van der Waals surface area (Å²) in [6, 6.07) is 18.7. The third-order valence-corrected chi connectivity index (χ3v) is 8.05. The van der Waals surface area contributed by atoms with E-state index in [4.69, 9.17) is 57.9 Å². The molecule has 0 spiro atoms. The van der Waals surface area contributed by atoms with Crippen molar-refractivity contribution in [1.29, 1.82) is 0 Å². The third-order valence-electron chi connectivity index (χ3n) is 5.47. The number of halogens is 4. The van der Waals surface area contributed by atoms with Crippen LogP contribution >= 0.6 is 58.2 Å². The fourth-order valence-electron chi connectivity index (χ4n) is 3.79. The van der Waals surface area contributed by atoms with Crippen LogP contribution in [0.1, 0.15) is 11.1 Å². The average molecular weight is 534 g/mol. The first-order chi connectivity index (χ1) is 15.7. The number of hydrogen-bond donors (Lipinski definition) is 2. The van der Waals surface area contributed by atoms with Gasteiger partial charge in [0, 0.05) is 53.5 Å². The Balaban J connectivity index is 1.81. The molecule has 0 aliphatic carbocycles. The molecule has 4 aromatic carbocycles. The molecule has 0 saturated carbocycles. The van der Waals surface area contributed by atoms with Crippen molar-refractivity contribution in [1.82, 2.24) is 0 Å². The van der Waals surface area contributed by atoms with Crippen LogP contribution in [-0.4, -0.2) is 0 Å². The molecule has 0 unspecified atom stereocenters. The van der Waals surface area contributed by atoms with Crippen molar-refractivity contribution in [2.75, 3.05) is 11.5 Å². The molecule has 0 heterocycles. The lowest BCUT2D eigenvalue weighted by molar-refractivity contribution is 1.26. The van der Waals surface area contributed by atoms with Gasteiger partial charge in [0.25, 0.3) is 0 Å².